The first-order valence-corrected chi connectivity index (χ1v) is 8.56. The van der Waals surface area contributed by atoms with Crippen LogP contribution < -0.4 is 10.1 Å². The second kappa shape index (κ2) is 5.85. The maximum Gasteiger partial charge on any atom is 0.292 e. The molecule has 2 aliphatic heterocycles. The Morgan fingerprint density at radius 1 is 1.36 bits per heavy atom. The molecule has 1 N–H and O–H groups in total. The van der Waals surface area contributed by atoms with Crippen LogP contribution in [-0.4, -0.2) is 44.7 Å². The molecule has 1 spiro atoms. The number of nitrogens with zero attached hydrogens (tertiary/aromatic N) is 2. The normalized spacial score (nSPS) is 26.0. The number of benzene rings is 1. The summed E-state index contributed by atoms with van der Waals surface area (Å²) in [6.45, 7) is 2.12. The van der Waals surface area contributed by atoms with E-state index >= 15 is 0 Å². The first-order valence-electron chi connectivity index (χ1n) is 7.12. The molecule has 1 aromatic carbocycles. The Morgan fingerprint density at radius 3 is 2.77 bits per heavy atom. The van der Waals surface area contributed by atoms with Gasteiger partial charge in [-0.15, -0.1) is 5.26 Å². The molecule has 1 unspecified atom stereocenters. The lowest BCUT2D eigenvalue weighted by atomic mass is 10.0. The standard InChI is InChI=1S/C14H17N3O4S/c15-11-20-12-2-4-13(5-3-12)22(18,19)17-8-9-21-14(17)6-1-7-16-10-14/h2-5,16H,1,6-10H2. The van der Waals surface area contributed by atoms with Gasteiger partial charge in [0.15, 0.2) is 0 Å². The molecule has 1 aromatic rings. The molecule has 0 aromatic heterocycles. The third-order valence-electron chi connectivity index (χ3n) is 4.02. The molecule has 0 bridgehead atoms. The molecule has 2 heterocycles. The van der Waals surface area contributed by atoms with Crippen molar-refractivity contribution < 1.29 is 17.9 Å². The molecule has 22 heavy (non-hydrogen) atoms. The van der Waals surface area contributed by atoms with Crippen molar-refractivity contribution in [2.24, 2.45) is 0 Å². The fourth-order valence-corrected chi connectivity index (χ4v) is 4.69. The van der Waals surface area contributed by atoms with Gasteiger partial charge >= 0.3 is 0 Å². The molecule has 0 saturated carbocycles. The summed E-state index contributed by atoms with van der Waals surface area (Å²) in [5, 5.41) is 11.7. The van der Waals surface area contributed by atoms with Crippen molar-refractivity contribution in [1.29, 1.82) is 5.26 Å². The molecule has 2 saturated heterocycles. The van der Waals surface area contributed by atoms with Crippen LogP contribution in [0.4, 0.5) is 0 Å². The predicted octanol–water partition coefficient (Wildman–Crippen LogP) is 0.647. The fraction of sp³-hybridized carbons (Fsp3) is 0.500. The summed E-state index contributed by atoms with van der Waals surface area (Å²) >= 11 is 0. The first-order chi connectivity index (χ1) is 10.6. The summed E-state index contributed by atoms with van der Waals surface area (Å²) in [5.41, 5.74) is -0.779. The van der Waals surface area contributed by atoms with Crippen LogP contribution in [-0.2, 0) is 14.8 Å². The molecule has 7 nitrogen and oxygen atoms in total. The van der Waals surface area contributed by atoms with Crippen LogP contribution in [0, 0.1) is 11.5 Å². The van der Waals surface area contributed by atoms with Gasteiger partial charge in [0.1, 0.15) is 11.5 Å². The van der Waals surface area contributed by atoms with Gasteiger partial charge in [0.05, 0.1) is 11.5 Å². The summed E-state index contributed by atoms with van der Waals surface area (Å²) in [5.74, 6) is 0.313. The maximum absolute atomic E-state index is 12.9. The highest BCUT2D eigenvalue weighted by Gasteiger charge is 2.49. The van der Waals surface area contributed by atoms with Gasteiger partial charge in [0, 0.05) is 13.1 Å². The minimum Gasteiger partial charge on any atom is -0.388 e. The van der Waals surface area contributed by atoms with E-state index in [1.807, 2.05) is 0 Å². The Kier molecular flexibility index (Phi) is 4.06. The van der Waals surface area contributed by atoms with Gasteiger partial charge < -0.3 is 14.8 Å². The van der Waals surface area contributed by atoms with Crippen molar-refractivity contribution in [2.75, 3.05) is 26.2 Å². The van der Waals surface area contributed by atoms with Crippen molar-refractivity contribution in [3.8, 4) is 12.0 Å². The number of ether oxygens (including phenoxy) is 2. The van der Waals surface area contributed by atoms with E-state index in [1.54, 1.807) is 6.26 Å². The number of nitrogens with one attached hydrogen (secondary N) is 1. The average molecular weight is 323 g/mol. The smallest absolute Gasteiger partial charge is 0.292 e. The SMILES string of the molecule is N#COc1ccc(S(=O)(=O)N2CCOC23CCCNC3)cc1. The average Bonchev–Trinajstić information content (AvgIpc) is 2.93. The first kappa shape index (κ1) is 15.2. The molecule has 0 aliphatic carbocycles. The Morgan fingerprint density at radius 2 is 2.14 bits per heavy atom. The lowest BCUT2D eigenvalue weighted by Crippen LogP contribution is -2.56. The third-order valence-corrected chi connectivity index (χ3v) is 5.98. The number of hydrogen-bond acceptors (Lipinski definition) is 6. The number of sulfonamides is 1. The highest BCUT2D eigenvalue weighted by Crippen LogP contribution is 2.35. The van der Waals surface area contributed by atoms with Crippen LogP contribution in [0.2, 0.25) is 0 Å². The van der Waals surface area contributed by atoms with Crippen LogP contribution in [0.25, 0.3) is 0 Å². The van der Waals surface area contributed by atoms with E-state index < -0.39 is 15.7 Å². The highest BCUT2D eigenvalue weighted by molar-refractivity contribution is 7.89. The third kappa shape index (κ3) is 2.57. The number of rotatable bonds is 3. The quantitative estimate of drug-likeness (QED) is 0.821. The summed E-state index contributed by atoms with van der Waals surface area (Å²) in [6, 6.07) is 5.84. The van der Waals surface area contributed by atoms with Gasteiger partial charge in [-0.25, -0.2) is 8.42 Å². The Balaban J connectivity index is 1.90. The van der Waals surface area contributed by atoms with E-state index in [-0.39, 0.29) is 4.90 Å². The molecule has 2 aliphatic rings. The van der Waals surface area contributed by atoms with Crippen molar-refractivity contribution in [3.05, 3.63) is 24.3 Å². The molecular formula is C14H17N3O4S. The molecule has 3 rings (SSSR count). The van der Waals surface area contributed by atoms with Gasteiger partial charge in [-0.2, -0.15) is 4.31 Å². The minimum atomic E-state index is -3.65. The van der Waals surface area contributed by atoms with Gasteiger partial charge in [-0.1, -0.05) is 0 Å². The molecular weight excluding hydrogens is 306 g/mol. The molecule has 1 atom stereocenters. The monoisotopic (exact) mass is 323 g/mol. The molecule has 8 heteroatoms. The lowest BCUT2D eigenvalue weighted by molar-refractivity contribution is -0.0646. The van der Waals surface area contributed by atoms with Crippen LogP contribution in [0.15, 0.2) is 29.2 Å². The van der Waals surface area contributed by atoms with Crippen LogP contribution in [0.3, 0.4) is 0 Å². The topological polar surface area (TPSA) is 91.7 Å². The zero-order chi connectivity index (χ0) is 15.6. The van der Waals surface area contributed by atoms with E-state index in [0.717, 1.165) is 13.0 Å². The van der Waals surface area contributed by atoms with Crippen LogP contribution in [0.5, 0.6) is 5.75 Å². The van der Waals surface area contributed by atoms with E-state index in [0.29, 0.717) is 31.9 Å². The minimum absolute atomic E-state index is 0.174. The van der Waals surface area contributed by atoms with Crippen molar-refractivity contribution in [3.63, 3.8) is 0 Å². The van der Waals surface area contributed by atoms with Crippen molar-refractivity contribution in [2.45, 2.75) is 23.5 Å². The van der Waals surface area contributed by atoms with E-state index in [9.17, 15) is 8.42 Å². The van der Waals surface area contributed by atoms with Crippen molar-refractivity contribution >= 4 is 10.0 Å². The summed E-state index contributed by atoms with van der Waals surface area (Å²) in [4.78, 5) is 0.174. The van der Waals surface area contributed by atoms with Crippen LogP contribution >= 0.6 is 0 Å². The summed E-state index contributed by atoms with van der Waals surface area (Å²) in [6.07, 6.45) is 3.12. The van der Waals surface area contributed by atoms with E-state index in [1.165, 1.54) is 28.6 Å². The molecule has 2 fully saturated rings. The van der Waals surface area contributed by atoms with Gasteiger partial charge in [-0.05, 0) is 43.7 Å². The highest BCUT2D eigenvalue weighted by atomic mass is 32.2. The van der Waals surface area contributed by atoms with Gasteiger partial charge in [-0.3, -0.25) is 0 Å². The number of piperidine rings is 1. The van der Waals surface area contributed by atoms with E-state index in [2.05, 4.69) is 10.1 Å². The summed E-state index contributed by atoms with van der Waals surface area (Å²) < 4.78 is 37.7. The summed E-state index contributed by atoms with van der Waals surface area (Å²) in [7, 11) is -3.65. The van der Waals surface area contributed by atoms with Crippen LogP contribution in [0.1, 0.15) is 12.8 Å². The second-order valence-electron chi connectivity index (χ2n) is 5.32. The second-order valence-corrected chi connectivity index (χ2v) is 7.18. The number of nitriles is 1. The largest absolute Gasteiger partial charge is 0.388 e. The zero-order valence-corrected chi connectivity index (χ0v) is 12.8. The molecule has 0 radical (unpaired) electrons. The van der Waals surface area contributed by atoms with Crippen molar-refractivity contribution in [1.82, 2.24) is 9.62 Å². The lowest BCUT2D eigenvalue weighted by Gasteiger charge is -2.39. The molecule has 0 amide bonds. The predicted molar refractivity (Wildman–Crippen MR) is 77.4 cm³/mol. The van der Waals surface area contributed by atoms with Gasteiger partial charge in [0.2, 0.25) is 10.0 Å². The Hall–Kier alpha value is -1.66. The van der Waals surface area contributed by atoms with E-state index in [4.69, 9.17) is 10.00 Å². The fourth-order valence-electron chi connectivity index (χ4n) is 2.99. The Labute approximate surface area is 129 Å². The molecule has 118 valence electrons. The maximum atomic E-state index is 12.9. The Bertz CT molecular complexity index is 675. The number of hydrogen-bond donors (Lipinski definition) is 1. The van der Waals surface area contributed by atoms with Gasteiger partial charge in [0.25, 0.3) is 6.26 Å². The zero-order valence-electron chi connectivity index (χ0n) is 12.0.